The first kappa shape index (κ1) is 18.5. The Labute approximate surface area is 151 Å². The van der Waals surface area contributed by atoms with Gasteiger partial charge < -0.3 is 10.1 Å². The molecule has 1 aromatic heterocycles. The second kappa shape index (κ2) is 8.35. The van der Waals surface area contributed by atoms with Crippen LogP contribution in [-0.4, -0.2) is 27.3 Å². The molecule has 0 aliphatic heterocycles. The van der Waals surface area contributed by atoms with E-state index in [0.29, 0.717) is 27.5 Å². The molecule has 1 heterocycles. The monoisotopic (exact) mass is 370 g/mol. The second-order valence-corrected chi connectivity index (χ2v) is 6.70. The number of aromatic nitrogens is 3. The number of aryl methyl sites for hydroxylation is 1. The maximum atomic E-state index is 12.2. The fourth-order valence-corrected chi connectivity index (χ4v) is 2.76. The molecule has 0 aliphatic rings. The van der Waals surface area contributed by atoms with E-state index in [9.17, 15) is 4.79 Å². The first-order valence-corrected chi connectivity index (χ1v) is 8.33. The number of nitrogens with zero attached hydrogens (tertiary/aromatic N) is 3. The highest BCUT2D eigenvalue weighted by atomic mass is 35.5. The van der Waals surface area contributed by atoms with Crippen molar-refractivity contribution in [2.45, 2.75) is 26.3 Å². The lowest BCUT2D eigenvalue weighted by Crippen LogP contribution is -2.34. The zero-order valence-corrected chi connectivity index (χ0v) is 15.3. The van der Waals surface area contributed by atoms with Crippen LogP contribution in [0, 0.1) is 5.92 Å². The number of ether oxygens (including phenoxy) is 1. The number of rotatable bonds is 7. The molecule has 0 aliphatic carbocycles. The molecule has 0 radical (unpaired) electrons. The summed E-state index contributed by atoms with van der Waals surface area (Å²) in [5.41, 5.74) is 0. The molecule has 8 heteroatoms. The lowest BCUT2D eigenvalue weighted by atomic mass is 10.0. The van der Waals surface area contributed by atoms with Crippen LogP contribution in [0.3, 0.4) is 0 Å². The fraction of sp³-hybridized carbons (Fsp3) is 0.438. The van der Waals surface area contributed by atoms with Crippen molar-refractivity contribution in [3.8, 4) is 5.75 Å². The molecule has 6 nitrogen and oxygen atoms in total. The van der Waals surface area contributed by atoms with Crippen molar-refractivity contribution in [1.82, 2.24) is 20.1 Å². The van der Waals surface area contributed by atoms with Crippen LogP contribution in [0.2, 0.25) is 10.0 Å². The summed E-state index contributed by atoms with van der Waals surface area (Å²) in [6.07, 6.45) is 2.22. The van der Waals surface area contributed by atoms with E-state index in [1.54, 1.807) is 29.9 Å². The Morgan fingerprint density at radius 2 is 2.12 bits per heavy atom. The molecule has 0 fully saturated rings. The molecular formula is C16H20Cl2N4O2. The third-order valence-corrected chi connectivity index (χ3v) is 3.88. The van der Waals surface area contributed by atoms with Crippen LogP contribution >= 0.6 is 23.2 Å². The molecule has 0 spiro atoms. The SMILES string of the molecule is CC(C)CC(NC(=O)COc1ccc(Cl)cc1Cl)c1ncnn1C. The predicted octanol–water partition coefficient (Wildman–Crippen LogP) is 3.40. The largest absolute Gasteiger partial charge is 0.482 e. The smallest absolute Gasteiger partial charge is 0.258 e. The molecule has 1 aromatic carbocycles. The molecule has 2 rings (SSSR count). The second-order valence-electron chi connectivity index (χ2n) is 5.85. The van der Waals surface area contributed by atoms with Gasteiger partial charge in [-0.1, -0.05) is 37.0 Å². The standard InChI is InChI=1S/C16H20Cl2N4O2/c1-10(2)6-13(16-19-9-20-22(16)3)21-15(23)8-24-14-5-4-11(17)7-12(14)18/h4-5,7,9-10,13H,6,8H2,1-3H3,(H,21,23). The van der Waals surface area contributed by atoms with Gasteiger partial charge >= 0.3 is 0 Å². The Bertz CT molecular complexity index is 703. The maximum absolute atomic E-state index is 12.2. The van der Waals surface area contributed by atoms with Gasteiger partial charge in [-0.2, -0.15) is 5.10 Å². The van der Waals surface area contributed by atoms with Crippen LogP contribution in [0.15, 0.2) is 24.5 Å². The molecular weight excluding hydrogens is 351 g/mol. The minimum atomic E-state index is -0.255. The highest BCUT2D eigenvalue weighted by Gasteiger charge is 2.20. The average Bonchev–Trinajstić information content (AvgIpc) is 2.91. The van der Waals surface area contributed by atoms with Crippen LogP contribution < -0.4 is 10.1 Å². The van der Waals surface area contributed by atoms with Gasteiger partial charge in [-0.3, -0.25) is 9.48 Å². The molecule has 0 saturated heterocycles. The van der Waals surface area contributed by atoms with Gasteiger partial charge in [-0.25, -0.2) is 4.98 Å². The Balaban J connectivity index is 1.99. The topological polar surface area (TPSA) is 69.0 Å². The quantitative estimate of drug-likeness (QED) is 0.810. The van der Waals surface area contributed by atoms with Gasteiger partial charge in [0, 0.05) is 12.1 Å². The predicted molar refractivity (Wildman–Crippen MR) is 93.3 cm³/mol. The zero-order chi connectivity index (χ0) is 17.7. The fourth-order valence-electron chi connectivity index (χ4n) is 2.29. The van der Waals surface area contributed by atoms with E-state index in [4.69, 9.17) is 27.9 Å². The van der Waals surface area contributed by atoms with Crippen molar-refractivity contribution in [2.75, 3.05) is 6.61 Å². The van der Waals surface area contributed by atoms with Crippen molar-refractivity contribution < 1.29 is 9.53 Å². The number of nitrogens with one attached hydrogen (secondary N) is 1. The number of carbonyl (C=O) groups is 1. The lowest BCUT2D eigenvalue weighted by Gasteiger charge is -2.20. The number of benzene rings is 1. The van der Waals surface area contributed by atoms with Crippen LogP contribution in [-0.2, 0) is 11.8 Å². The first-order chi connectivity index (χ1) is 11.4. The Hall–Kier alpha value is -1.79. The van der Waals surface area contributed by atoms with Crippen molar-refractivity contribution in [3.05, 3.63) is 40.4 Å². The van der Waals surface area contributed by atoms with Gasteiger partial charge in [0.25, 0.3) is 5.91 Å². The van der Waals surface area contributed by atoms with E-state index >= 15 is 0 Å². The molecule has 24 heavy (non-hydrogen) atoms. The zero-order valence-electron chi connectivity index (χ0n) is 13.8. The van der Waals surface area contributed by atoms with Crippen LogP contribution in [0.1, 0.15) is 32.1 Å². The van der Waals surface area contributed by atoms with Crippen molar-refractivity contribution in [3.63, 3.8) is 0 Å². The van der Waals surface area contributed by atoms with Crippen LogP contribution in [0.5, 0.6) is 5.75 Å². The number of amides is 1. The van der Waals surface area contributed by atoms with E-state index in [1.165, 1.54) is 6.33 Å². The Morgan fingerprint density at radius 1 is 1.38 bits per heavy atom. The Kier molecular flexibility index (Phi) is 6.45. The summed E-state index contributed by atoms with van der Waals surface area (Å²) in [5, 5.41) is 7.87. The average molecular weight is 371 g/mol. The normalized spacial score (nSPS) is 12.2. The van der Waals surface area contributed by atoms with Crippen molar-refractivity contribution >= 4 is 29.1 Å². The molecule has 1 N–H and O–H groups in total. The molecule has 0 bridgehead atoms. The van der Waals surface area contributed by atoms with Crippen LogP contribution in [0.25, 0.3) is 0 Å². The first-order valence-electron chi connectivity index (χ1n) is 7.58. The van der Waals surface area contributed by atoms with Gasteiger partial charge in [0.15, 0.2) is 6.61 Å². The minimum Gasteiger partial charge on any atom is -0.482 e. The summed E-state index contributed by atoms with van der Waals surface area (Å²) in [5.74, 6) is 1.25. The van der Waals surface area contributed by atoms with Gasteiger partial charge in [0.05, 0.1) is 11.1 Å². The number of carbonyl (C=O) groups excluding carboxylic acids is 1. The molecule has 1 unspecified atom stereocenters. The van der Waals surface area contributed by atoms with Crippen LogP contribution in [0.4, 0.5) is 0 Å². The van der Waals surface area contributed by atoms with Crippen molar-refractivity contribution in [1.29, 1.82) is 0 Å². The summed E-state index contributed by atoms with van der Waals surface area (Å²) >= 11 is 11.9. The maximum Gasteiger partial charge on any atom is 0.258 e. The third-order valence-electron chi connectivity index (χ3n) is 3.35. The number of halogens is 2. The summed E-state index contributed by atoms with van der Waals surface area (Å²) in [7, 11) is 1.80. The third kappa shape index (κ3) is 5.11. The lowest BCUT2D eigenvalue weighted by molar-refractivity contribution is -0.124. The number of hydrogen-bond acceptors (Lipinski definition) is 4. The van der Waals surface area contributed by atoms with Gasteiger partial charge in [0.1, 0.15) is 17.9 Å². The van der Waals surface area contributed by atoms with E-state index in [-0.39, 0.29) is 18.6 Å². The minimum absolute atomic E-state index is 0.145. The molecule has 1 atom stereocenters. The van der Waals surface area contributed by atoms with E-state index in [0.717, 1.165) is 6.42 Å². The molecule has 0 saturated carbocycles. The summed E-state index contributed by atoms with van der Waals surface area (Å²) in [6.45, 7) is 4.02. The number of hydrogen-bond donors (Lipinski definition) is 1. The van der Waals surface area contributed by atoms with Crippen molar-refractivity contribution in [2.24, 2.45) is 13.0 Å². The van der Waals surface area contributed by atoms with Gasteiger partial charge in [-0.05, 0) is 30.5 Å². The molecule has 2 aromatic rings. The highest BCUT2D eigenvalue weighted by molar-refractivity contribution is 6.35. The molecule has 1 amide bonds. The Morgan fingerprint density at radius 3 is 2.71 bits per heavy atom. The molecule has 130 valence electrons. The highest BCUT2D eigenvalue weighted by Crippen LogP contribution is 2.27. The van der Waals surface area contributed by atoms with E-state index in [1.807, 2.05) is 0 Å². The van der Waals surface area contributed by atoms with E-state index in [2.05, 4.69) is 29.2 Å². The van der Waals surface area contributed by atoms with Gasteiger partial charge in [0.2, 0.25) is 0 Å². The van der Waals surface area contributed by atoms with E-state index < -0.39 is 0 Å². The summed E-state index contributed by atoms with van der Waals surface area (Å²) < 4.78 is 7.12. The summed E-state index contributed by atoms with van der Waals surface area (Å²) in [4.78, 5) is 16.5. The summed E-state index contributed by atoms with van der Waals surface area (Å²) in [6, 6.07) is 4.63. The van der Waals surface area contributed by atoms with Gasteiger partial charge in [-0.15, -0.1) is 0 Å².